The topological polar surface area (TPSA) is 69.7 Å². The van der Waals surface area contributed by atoms with E-state index in [1.165, 1.54) is 16.4 Å². The van der Waals surface area contributed by atoms with Gasteiger partial charge in [0.25, 0.3) is 0 Å². The molecule has 1 fully saturated rings. The molecule has 0 radical (unpaired) electrons. The van der Waals surface area contributed by atoms with Crippen molar-refractivity contribution in [1.82, 2.24) is 14.5 Å². The fourth-order valence-corrected chi connectivity index (χ4v) is 4.03. The molecule has 1 aliphatic rings. The highest BCUT2D eigenvalue weighted by atomic mass is 35.5. The van der Waals surface area contributed by atoms with Crippen molar-refractivity contribution in [2.75, 3.05) is 26.2 Å². The third-order valence-corrected chi connectivity index (χ3v) is 5.77. The Balaban J connectivity index is 2.07. The quantitative estimate of drug-likeness (QED) is 0.899. The van der Waals surface area contributed by atoms with Crippen LogP contribution in [-0.4, -0.2) is 55.9 Å². The van der Waals surface area contributed by atoms with Crippen LogP contribution in [0.25, 0.3) is 0 Å². The first-order valence-corrected chi connectivity index (χ1v) is 9.43. The maximum Gasteiger partial charge on any atom is 0.317 e. The highest BCUT2D eigenvalue weighted by Gasteiger charge is 2.28. The molecule has 8 heteroatoms. The summed E-state index contributed by atoms with van der Waals surface area (Å²) in [5.41, 5.74) is 0. The van der Waals surface area contributed by atoms with Crippen molar-refractivity contribution in [2.24, 2.45) is 0 Å². The molecule has 0 saturated carbocycles. The Morgan fingerprint density at radius 2 is 1.78 bits per heavy atom. The molecule has 1 aromatic carbocycles. The monoisotopic (exact) mass is 359 g/mol. The first-order chi connectivity index (χ1) is 10.8. The number of carbonyl (C=O) groups is 1. The molecule has 1 heterocycles. The minimum absolute atomic E-state index is 0.0552. The van der Waals surface area contributed by atoms with E-state index in [1.54, 1.807) is 17.0 Å². The zero-order valence-corrected chi connectivity index (χ0v) is 14.9. The molecule has 1 saturated heterocycles. The second-order valence-electron chi connectivity index (χ2n) is 5.80. The number of benzene rings is 1. The second-order valence-corrected chi connectivity index (χ2v) is 8.18. The van der Waals surface area contributed by atoms with Gasteiger partial charge in [0, 0.05) is 37.2 Å². The molecule has 0 unspecified atom stereocenters. The van der Waals surface area contributed by atoms with Crippen LogP contribution in [0.15, 0.2) is 29.2 Å². The molecule has 128 valence electrons. The Labute approximate surface area is 142 Å². The Morgan fingerprint density at radius 1 is 1.13 bits per heavy atom. The van der Waals surface area contributed by atoms with E-state index in [-0.39, 0.29) is 23.5 Å². The molecule has 0 spiro atoms. The summed E-state index contributed by atoms with van der Waals surface area (Å²) in [6, 6.07) is 6.05. The number of hydrogen-bond donors (Lipinski definition) is 1. The average Bonchev–Trinajstić information content (AvgIpc) is 2.73. The summed E-state index contributed by atoms with van der Waals surface area (Å²) in [6.07, 6.45) is 0.609. The Kier molecular flexibility index (Phi) is 5.89. The molecule has 23 heavy (non-hydrogen) atoms. The first kappa shape index (κ1) is 18.0. The summed E-state index contributed by atoms with van der Waals surface area (Å²) in [7, 11) is -3.56. The average molecular weight is 360 g/mol. The van der Waals surface area contributed by atoms with E-state index < -0.39 is 10.0 Å². The van der Waals surface area contributed by atoms with Crippen LogP contribution >= 0.6 is 11.6 Å². The van der Waals surface area contributed by atoms with Gasteiger partial charge in [-0.05, 0) is 44.5 Å². The Hall–Kier alpha value is -1.31. The van der Waals surface area contributed by atoms with Gasteiger partial charge in [0.05, 0.1) is 4.90 Å². The molecular weight excluding hydrogens is 338 g/mol. The van der Waals surface area contributed by atoms with Crippen LogP contribution in [0, 0.1) is 0 Å². The zero-order chi connectivity index (χ0) is 17.0. The van der Waals surface area contributed by atoms with Gasteiger partial charge in [-0.3, -0.25) is 0 Å². The number of hydrogen-bond acceptors (Lipinski definition) is 3. The molecular formula is C15H22ClN3O3S. The minimum Gasteiger partial charge on any atom is -0.336 e. The molecule has 2 amide bonds. The summed E-state index contributed by atoms with van der Waals surface area (Å²) in [5.74, 6) is 0. The molecule has 0 aromatic heterocycles. The van der Waals surface area contributed by atoms with Gasteiger partial charge in [-0.2, -0.15) is 4.31 Å². The summed E-state index contributed by atoms with van der Waals surface area (Å²) < 4.78 is 26.8. The highest BCUT2D eigenvalue weighted by molar-refractivity contribution is 7.89. The van der Waals surface area contributed by atoms with Crippen molar-refractivity contribution in [1.29, 1.82) is 0 Å². The lowest BCUT2D eigenvalue weighted by Crippen LogP contribution is -2.44. The molecule has 1 N–H and O–H groups in total. The van der Waals surface area contributed by atoms with Gasteiger partial charge in [0.1, 0.15) is 0 Å². The summed E-state index contributed by atoms with van der Waals surface area (Å²) in [6.45, 7) is 5.41. The van der Waals surface area contributed by atoms with E-state index >= 15 is 0 Å². The third kappa shape index (κ3) is 4.59. The number of urea groups is 1. The highest BCUT2D eigenvalue weighted by Crippen LogP contribution is 2.20. The van der Waals surface area contributed by atoms with E-state index in [1.807, 2.05) is 13.8 Å². The fraction of sp³-hybridized carbons (Fsp3) is 0.533. The number of nitrogens with one attached hydrogen (secondary N) is 1. The molecule has 1 aliphatic heterocycles. The number of amides is 2. The predicted molar refractivity (Wildman–Crippen MR) is 90.1 cm³/mol. The van der Waals surface area contributed by atoms with Crippen LogP contribution in [0.4, 0.5) is 4.79 Å². The number of nitrogens with zero attached hydrogens (tertiary/aromatic N) is 2. The number of carbonyl (C=O) groups excluding carboxylic acids is 1. The second kappa shape index (κ2) is 7.51. The van der Waals surface area contributed by atoms with Crippen LogP contribution in [0.3, 0.4) is 0 Å². The fourth-order valence-electron chi connectivity index (χ4n) is 2.43. The lowest BCUT2D eigenvalue weighted by atomic mass is 10.4. The Morgan fingerprint density at radius 3 is 2.39 bits per heavy atom. The van der Waals surface area contributed by atoms with Gasteiger partial charge in [0.2, 0.25) is 10.0 Å². The normalized spacial score (nSPS) is 17.1. The van der Waals surface area contributed by atoms with Gasteiger partial charge in [0.15, 0.2) is 0 Å². The van der Waals surface area contributed by atoms with E-state index in [0.29, 0.717) is 31.1 Å². The van der Waals surface area contributed by atoms with E-state index in [0.717, 1.165) is 0 Å². The van der Waals surface area contributed by atoms with Crippen molar-refractivity contribution in [3.63, 3.8) is 0 Å². The third-order valence-electron chi connectivity index (χ3n) is 3.61. The SMILES string of the molecule is CC(C)NC(=O)N1CCCN(S(=O)(=O)c2ccc(Cl)cc2)CC1. The van der Waals surface area contributed by atoms with Gasteiger partial charge in [-0.25, -0.2) is 13.2 Å². The number of rotatable bonds is 3. The molecule has 0 atom stereocenters. The maximum absolute atomic E-state index is 12.7. The van der Waals surface area contributed by atoms with Crippen LogP contribution in [0.5, 0.6) is 0 Å². The lowest BCUT2D eigenvalue weighted by molar-refractivity contribution is 0.198. The summed E-state index contributed by atoms with van der Waals surface area (Å²) in [5, 5.41) is 3.33. The molecule has 1 aromatic rings. The smallest absolute Gasteiger partial charge is 0.317 e. The van der Waals surface area contributed by atoms with Crippen molar-refractivity contribution >= 4 is 27.7 Å². The van der Waals surface area contributed by atoms with Gasteiger partial charge in [-0.15, -0.1) is 0 Å². The van der Waals surface area contributed by atoms with Crippen LogP contribution < -0.4 is 5.32 Å². The maximum atomic E-state index is 12.7. The van der Waals surface area contributed by atoms with Crippen LogP contribution in [0.2, 0.25) is 5.02 Å². The number of halogens is 1. The lowest BCUT2D eigenvalue weighted by Gasteiger charge is -2.23. The molecule has 6 nitrogen and oxygen atoms in total. The zero-order valence-electron chi connectivity index (χ0n) is 13.3. The molecule has 0 aliphatic carbocycles. The standard InChI is InChI=1S/C15H22ClN3O3S/c1-12(2)17-15(20)18-8-3-9-19(11-10-18)23(21,22)14-6-4-13(16)5-7-14/h4-7,12H,3,8-11H2,1-2H3,(H,17,20). The van der Waals surface area contributed by atoms with E-state index in [2.05, 4.69) is 5.32 Å². The minimum atomic E-state index is -3.56. The number of sulfonamides is 1. The van der Waals surface area contributed by atoms with Gasteiger partial charge in [-0.1, -0.05) is 11.6 Å². The largest absolute Gasteiger partial charge is 0.336 e. The van der Waals surface area contributed by atoms with Crippen LogP contribution in [-0.2, 0) is 10.0 Å². The summed E-state index contributed by atoms with van der Waals surface area (Å²) in [4.78, 5) is 13.9. The van der Waals surface area contributed by atoms with Crippen molar-refractivity contribution < 1.29 is 13.2 Å². The van der Waals surface area contributed by atoms with Crippen molar-refractivity contribution in [3.8, 4) is 0 Å². The van der Waals surface area contributed by atoms with Gasteiger partial charge < -0.3 is 10.2 Å². The van der Waals surface area contributed by atoms with Crippen molar-refractivity contribution in [3.05, 3.63) is 29.3 Å². The Bertz CT molecular complexity index is 646. The predicted octanol–water partition coefficient (Wildman–Crippen LogP) is 2.15. The van der Waals surface area contributed by atoms with E-state index in [4.69, 9.17) is 11.6 Å². The molecule has 2 rings (SSSR count). The van der Waals surface area contributed by atoms with Crippen LogP contribution in [0.1, 0.15) is 20.3 Å². The first-order valence-electron chi connectivity index (χ1n) is 7.62. The van der Waals surface area contributed by atoms with Crippen molar-refractivity contribution in [2.45, 2.75) is 31.2 Å². The molecule has 0 bridgehead atoms. The van der Waals surface area contributed by atoms with Gasteiger partial charge >= 0.3 is 6.03 Å². The summed E-state index contributed by atoms with van der Waals surface area (Å²) >= 11 is 5.81. The van der Waals surface area contributed by atoms with E-state index in [9.17, 15) is 13.2 Å².